The predicted octanol–water partition coefficient (Wildman–Crippen LogP) is 2.80. The van der Waals surface area contributed by atoms with Crippen LogP contribution in [0.15, 0.2) is 48.5 Å². The highest BCUT2D eigenvalue weighted by Gasteiger charge is 2.20. The number of H-pyrrole nitrogens is 1. The van der Waals surface area contributed by atoms with Crippen LogP contribution in [0.1, 0.15) is 26.3 Å². The summed E-state index contributed by atoms with van der Waals surface area (Å²) in [6.07, 6.45) is 0. The molecule has 0 atom stereocenters. The van der Waals surface area contributed by atoms with Gasteiger partial charge >= 0.3 is 5.97 Å². The molecule has 0 unspecified atom stereocenters. The number of aromatic amines is 1. The van der Waals surface area contributed by atoms with Gasteiger partial charge < -0.3 is 15.2 Å². The van der Waals surface area contributed by atoms with Gasteiger partial charge in [0.15, 0.2) is 5.78 Å². The summed E-state index contributed by atoms with van der Waals surface area (Å²) in [5.41, 5.74) is 1.10. The summed E-state index contributed by atoms with van der Waals surface area (Å²) in [6.45, 7) is 0. The highest BCUT2D eigenvalue weighted by atomic mass is 16.4. The van der Waals surface area contributed by atoms with Crippen LogP contribution >= 0.6 is 0 Å². The van der Waals surface area contributed by atoms with E-state index in [9.17, 15) is 14.7 Å². The number of benzene rings is 2. The molecule has 0 saturated carbocycles. The summed E-state index contributed by atoms with van der Waals surface area (Å²) in [7, 11) is 0. The Morgan fingerprint density at radius 1 is 0.952 bits per heavy atom. The summed E-state index contributed by atoms with van der Waals surface area (Å²) >= 11 is 0. The van der Waals surface area contributed by atoms with Crippen LogP contribution in [0.2, 0.25) is 0 Å². The minimum Gasteiger partial charge on any atom is -0.494 e. The quantitative estimate of drug-likeness (QED) is 0.644. The standard InChI is InChI=1S/C16H11NO4/c18-14(9-4-2-1-3-5-9)13-11-7-6-10(16(20)21)8-12(11)17-15(13)19/h1-8,17,19H,(H,20,21). The van der Waals surface area contributed by atoms with Crippen molar-refractivity contribution >= 4 is 22.7 Å². The molecule has 21 heavy (non-hydrogen) atoms. The van der Waals surface area contributed by atoms with E-state index in [-0.39, 0.29) is 22.8 Å². The monoisotopic (exact) mass is 281 g/mol. The summed E-state index contributed by atoms with van der Waals surface area (Å²) < 4.78 is 0. The molecule has 1 heterocycles. The fourth-order valence-corrected chi connectivity index (χ4v) is 2.28. The molecule has 3 rings (SSSR count). The Morgan fingerprint density at radius 2 is 1.67 bits per heavy atom. The van der Waals surface area contributed by atoms with Crippen LogP contribution in [0.3, 0.4) is 0 Å². The summed E-state index contributed by atoms with van der Waals surface area (Å²) in [5.74, 6) is -1.65. The van der Waals surface area contributed by atoms with E-state index >= 15 is 0 Å². The summed E-state index contributed by atoms with van der Waals surface area (Å²) in [6, 6.07) is 12.9. The molecule has 5 nitrogen and oxygen atoms in total. The highest BCUT2D eigenvalue weighted by Crippen LogP contribution is 2.30. The van der Waals surface area contributed by atoms with Gasteiger partial charge in [-0.1, -0.05) is 36.4 Å². The maximum Gasteiger partial charge on any atom is 0.335 e. The third-order valence-electron chi connectivity index (χ3n) is 3.29. The van der Waals surface area contributed by atoms with E-state index in [0.29, 0.717) is 16.5 Å². The van der Waals surface area contributed by atoms with Crippen LogP contribution < -0.4 is 0 Å². The van der Waals surface area contributed by atoms with Crippen LogP contribution in [-0.2, 0) is 0 Å². The molecule has 0 aliphatic carbocycles. The molecule has 3 N–H and O–H groups in total. The average Bonchev–Trinajstić information content (AvgIpc) is 2.82. The topological polar surface area (TPSA) is 90.4 Å². The summed E-state index contributed by atoms with van der Waals surface area (Å²) in [4.78, 5) is 26.1. The lowest BCUT2D eigenvalue weighted by molar-refractivity contribution is 0.0697. The van der Waals surface area contributed by atoms with Gasteiger partial charge in [0.05, 0.1) is 11.1 Å². The Labute approximate surface area is 119 Å². The first-order chi connectivity index (χ1) is 10.1. The second-order valence-electron chi connectivity index (χ2n) is 4.61. The summed E-state index contributed by atoms with van der Waals surface area (Å²) in [5, 5.41) is 19.4. The Balaban J connectivity index is 2.17. The zero-order chi connectivity index (χ0) is 15.0. The minimum absolute atomic E-state index is 0.0856. The van der Waals surface area contributed by atoms with Crippen LogP contribution in [0, 0.1) is 0 Å². The first-order valence-electron chi connectivity index (χ1n) is 6.25. The van der Waals surface area contributed by atoms with Crippen molar-refractivity contribution in [2.24, 2.45) is 0 Å². The van der Waals surface area contributed by atoms with E-state index in [1.165, 1.54) is 18.2 Å². The highest BCUT2D eigenvalue weighted by molar-refractivity contribution is 6.18. The molecule has 0 aliphatic heterocycles. The van der Waals surface area contributed by atoms with E-state index in [1.807, 2.05) is 0 Å². The van der Waals surface area contributed by atoms with E-state index in [4.69, 9.17) is 5.11 Å². The van der Waals surface area contributed by atoms with Crippen molar-refractivity contribution < 1.29 is 19.8 Å². The molecule has 1 aromatic heterocycles. The Hall–Kier alpha value is -3.08. The van der Waals surface area contributed by atoms with Gasteiger partial charge in [-0.3, -0.25) is 4.79 Å². The maximum atomic E-state index is 12.5. The first kappa shape index (κ1) is 12.9. The third kappa shape index (κ3) is 2.14. The van der Waals surface area contributed by atoms with Gasteiger partial charge in [-0.2, -0.15) is 0 Å². The smallest absolute Gasteiger partial charge is 0.335 e. The number of nitrogens with one attached hydrogen (secondary N) is 1. The first-order valence-corrected chi connectivity index (χ1v) is 6.25. The van der Waals surface area contributed by atoms with E-state index in [2.05, 4.69) is 4.98 Å². The Bertz CT molecular complexity index is 849. The lowest BCUT2D eigenvalue weighted by Crippen LogP contribution is -2.00. The molecule has 0 bridgehead atoms. The molecule has 0 radical (unpaired) electrons. The molecule has 0 aliphatic rings. The molecular formula is C16H11NO4. The Kier molecular flexibility index (Phi) is 2.95. The van der Waals surface area contributed by atoms with Crippen molar-refractivity contribution in [2.45, 2.75) is 0 Å². The van der Waals surface area contributed by atoms with Gasteiger partial charge in [-0.05, 0) is 12.1 Å². The zero-order valence-corrected chi connectivity index (χ0v) is 10.8. The van der Waals surface area contributed by atoms with Crippen LogP contribution in [0.5, 0.6) is 5.88 Å². The number of carboxylic acid groups (broad SMARTS) is 1. The number of hydrogen-bond acceptors (Lipinski definition) is 3. The molecule has 0 amide bonds. The van der Waals surface area contributed by atoms with Gasteiger partial charge in [0.1, 0.15) is 0 Å². The van der Waals surface area contributed by atoms with Crippen molar-refractivity contribution in [3.63, 3.8) is 0 Å². The molecule has 2 aromatic carbocycles. The molecular weight excluding hydrogens is 270 g/mol. The molecule has 0 spiro atoms. The third-order valence-corrected chi connectivity index (χ3v) is 3.29. The molecule has 5 heteroatoms. The maximum absolute atomic E-state index is 12.5. The number of ketones is 1. The second kappa shape index (κ2) is 4.79. The van der Waals surface area contributed by atoms with Gasteiger partial charge in [0.25, 0.3) is 0 Å². The number of rotatable bonds is 3. The van der Waals surface area contributed by atoms with Gasteiger partial charge in [-0.25, -0.2) is 4.79 Å². The van der Waals surface area contributed by atoms with Gasteiger partial charge in [0, 0.05) is 16.5 Å². The number of fused-ring (bicyclic) bond motifs is 1. The van der Waals surface area contributed by atoms with Gasteiger partial charge in [0.2, 0.25) is 5.88 Å². The number of carbonyl (C=O) groups is 2. The van der Waals surface area contributed by atoms with E-state index in [1.54, 1.807) is 30.3 Å². The fraction of sp³-hybridized carbons (Fsp3) is 0. The van der Waals surface area contributed by atoms with Crippen molar-refractivity contribution in [2.75, 3.05) is 0 Å². The lowest BCUT2D eigenvalue weighted by Gasteiger charge is -2.00. The zero-order valence-electron chi connectivity index (χ0n) is 10.8. The average molecular weight is 281 g/mol. The van der Waals surface area contributed by atoms with Crippen molar-refractivity contribution in [1.29, 1.82) is 0 Å². The number of aromatic nitrogens is 1. The van der Waals surface area contributed by atoms with Crippen LogP contribution in [0.4, 0.5) is 0 Å². The second-order valence-corrected chi connectivity index (χ2v) is 4.61. The number of aromatic hydroxyl groups is 1. The van der Waals surface area contributed by atoms with Gasteiger partial charge in [-0.15, -0.1) is 0 Å². The van der Waals surface area contributed by atoms with Crippen molar-refractivity contribution in [3.8, 4) is 5.88 Å². The molecule has 0 saturated heterocycles. The van der Waals surface area contributed by atoms with E-state index < -0.39 is 5.97 Å². The van der Waals surface area contributed by atoms with Crippen LogP contribution in [0.25, 0.3) is 10.9 Å². The fourth-order valence-electron chi connectivity index (χ4n) is 2.28. The van der Waals surface area contributed by atoms with Crippen molar-refractivity contribution in [1.82, 2.24) is 4.98 Å². The van der Waals surface area contributed by atoms with E-state index in [0.717, 1.165) is 0 Å². The molecule has 0 fully saturated rings. The number of carbonyl (C=O) groups excluding carboxylic acids is 1. The van der Waals surface area contributed by atoms with Crippen molar-refractivity contribution in [3.05, 3.63) is 65.2 Å². The van der Waals surface area contributed by atoms with Crippen LogP contribution in [-0.4, -0.2) is 26.9 Å². The normalized spacial score (nSPS) is 10.7. The largest absolute Gasteiger partial charge is 0.494 e. The predicted molar refractivity (Wildman–Crippen MR) is 76.8 cm³/mol. The molecule has 3 aromatic rings. The number of carboxylic acids is 1. The Morgan fingerprint density at radius 3 is 2.33 bits per heavy atom. The number of aromatic carboxylic acids is 1. The number of hydrogen-bond donors (Lipinski definition) is 3. The SMILES string of the molecule is O=C(O)c1ccc2c(C(=O)c3ccccc3)c(O)[nH]c2c1. The minimum atomic E-state index is -1.07. The molecule has 104 valence electrons. The lowest BCUT2D eigenvalue weighted by atomic mass is 10.0.